The van der Waals surface area contributed by atoms with E-state index in [1.54, 1.807) is 0 Å². The van der Waals surface area contributed by atoms with Gasteiger partial charge in [-0.1, -0.05) is 26.3 Å². The van der Waals surface area contributed by atoms with Crippen molar-refractivity contribution >= 4 is 0 Å². The molecule has 0 saturated heterocycles. The molecule has 3 heteroatoms. The van der Waals surface area contributed by atoms with Gasteiger partial charge in [0.25, 0.3) is 0 Å². The minimum atomic E-state index is -0.318. The van der Waals surface area contributed by atoms with Crippen molar-refractivity contribution in [2.24, 2.45) is 34.0 Å². The molecule has 23 heavy (non-hydrogen) atoms. The number of hydrogen-bond donors (Lipinski definition) is 3. The normalized spacial score (nSPS) is 55.1. The lowest BCUT2D eigenvalue weighted by atomic mass is 9.40. The average Bonchev–Trinajstić information content (AvgIpc) is 2.82. The number of aliphatic hydroxyl groups is 3. The van der Waals surface area contributed by atoms with Gasteiger partial charge in [0.2, 0.25) is 0 Å². The first kappa shape index (κ1) is 16.1. The maximum absolute atomic E-state index is 11.2. The Bertz CT molecular complexity index is 529. The van der Waals surface area contributed by atoms with Gasteiger partial charge in [-0.2, -0.15) is 0 Å². The van der Waals surface area contributed by atoms with E-state index in [1.807, 2.05) is 0 Å². The summed E-state index contributed by atoms with van der Waals surface area (Å²) in [5.74, 6) is 1.39. The molecule has 0 aromatic carbocycles. The highest BCUT2D eigenvalue weighted by Gasteiger charge is 2.65. The van der Waals surface area contributed by atoms with Crippen LogP contribution in [0.1, 0.15) is 58.8 Å². The van der Waals surface area contributed by atoms with Crippen LogP contribution < -0.4 is 0 Å². The summed E-state index contributed by atoms with van der Waals surface area (Å²) in [6.45, 7) is 5.06. The summed E-state index contributed by atoms with van der Waals surface area (Å²) in [6, 6.07) is 0. The molecule has 4 aliphatic rings. The molecule has 0 heterocycles. The Kier molecular flexibility index (Phi) is 3.54. The van der Waals surface area contributed by atoms with E-state index in [2.05, 4.69) is 19.9 Å². The van der Waals surface area contributed by atoms with Crippen LogP contribution in [0.2, 0.25) is 0 Å². The number of hydrogen-bond acceptors (Lipinski definition) is 3. The van der Waals surface area contributed by atoms with Crippen molar-refractivity contribution < 1.29 is 15.3 Å². The molecule has 130 valence electrons. The van der Waals surface area contributed by atoms with Crippen LogP contribution in [0.5, 0.6) is 0 Å². The highest BCUT2D eigenvalue weighted by Crippen LogP contribution is 2.70. The van der Waals surface area contributed by atoms with Crippen LogP contribution in [-0.2, 0) is 0 Å². The van der Waals surface area contributed by atoms with Crippen LogP contribution in [0.25, 0.3) is 0 Å². The van der Waals surface area contributed by atoms with E-state index in [4.69, 9.17) is 0 Å². The summed E-state index contributed by atoms with van der Waals surface area (Å²) in [4.78, 5) is 0. The molecule has 3 saturated carbocycles. The molecule has 4 aliphatic carbocycles. The van der Waals surface area contributed by atoms with Gasteiger partial charge in [0.15, 0.2) is 0 Å². The second-order valence-corrected chi connectivity index (χ2v) is 9.50. The Morgan fingerprint density at radius 3 is 2.61 bits per heavy atom. The molecule has 2 bridgehead atoms. The maximum atomic E-state index is 11.2. The first-order chi connectivity index (χ1) is 10.9. The van der Waals surface area contributed by atoms with Crippen LogP contribution >= 0.6 is 0 Å². The largest absolute Gasteiger partial charge is 0.396 e. The molecule has 7 atom stereocenters. The zero-order valence-electron chi connectivity index (χ0n) is 14.6. The molecule has 1 spiro atoms. The van der Waals surface area contributed by atoms with Gasteiger partial charge in [-0.15, -0.1) is 0 Å². The van der Waals surface area contributed by atoms with Gasteiger partial charge in [-0.3, -0.25) is 0 Å². The van der Waals surface area contributed by atoms with Gasteiger partial charge in [-0.25, -0.2) is 0 Å². The van der Waals surface area contributed by atoms with E-state index in [0.29, 0.717) is 17.8 Å². The summed E-state index contributed by atoms with van der Waals surface area (Å²) >= 11 is 0. The van der Waals surface area contributed by atoms with Crippen molar-refractivity contribution in [3.63, 3.8) is 0 Å². The number of rotatable bonds is 2. The van der Waals surface area contributed by atoms with E-state index < -0.39 is 0 Å². The lowest BCUT2D eigenvalue weighted by Gasteiger charge is -2.65. The average molecular weight is 320 g/mol. The molecule has 0 aromatic heterocycles. The fourth-order valence-corrected chi connectivity index (χ4v) is 7.45. The van der Waals surface area contributed by atoms with Gasteiger partial charge >= 0.3 is 0 Å². The van der Waals surface area contributed by atoms with Gasteiger partial charge in [0.05, 0.1) is 12.7 Å². The van der Waals surface area contributed by atoms with Crippen molar-refractivity contribution in [2.45, 2.75) is 64.9 Å². The summed E-state index contributed by atoms with van der Waals surface area (Å²) in [7, 11) is 0. The fourth-order valence-electron chi connectivity index (χ4n) is 7.45. The van der Waals surface area contributed by atoms with E-state index in [-0.39, 0.29) is 35.6 Å². The van der Waals surface area contributed by atoms with Gasteiger partial charge in [-0.05, 0) is 72.7 Å². The lowest BCUT2D eigenvalue weighted by molar-refractivity contribution is -0.193. The zero-order chi connectivity index (χ0) is 16.5. The van der Waals surface area contributed by atoms with Crippen LogP contribution in [0.4, 0.5) is 0 Å². The Morgan fingerprint density at radius 1 is 1.13 bits per heavy atom. The Labute approximate surface area is 139 Å². The topological polar surface area (TPSA) is 60.7 Å². The highest BCUT2D eigenvalue weighted by atomic mass is 16.3. The molecular formula is C20H32O3. The Hall–Kier alpha value is -0.380. The van der Waals surface area contributed by atoms with E-state index in [1.165, 1.54) is 18.4 Å². The lowest BCUT2D eigenvalue weighted by Crippen LogP contribution is -2.61. The minimum Gasteiger partial charge on any atom is -0.396 e. The monoisotopic (exact) mass is 320 g/mol. The molecule has 0 aromatic rings. The molecule has 3 N–H and O–H groups in total. The second-order valence-electron chi connectivity index (χ2n) is 9.50. The van der Waals surface area contributed by atoms with Crippen LogP contribution in [0.15, 0.2) is 11.6 Å². The number of aliphatic hydroxyl groups excluding tert-OH is 3. The first-order valence-corrected chi connectivity index (χ1v) is 9.51. The standard InChI is InChI=1S/C20H32O3/c1-18(12-22)6-3-7-19(2)15-5-4-13-9-20(15,10-14(13)11-21)17(23)8-16(18)19/h10,13,15-17,21-23H,3-9,11-12H2,1-2H3/t13-,15-,16+,17+,18+,19-,20?/m0/s1. The Balaban J connectivity index is 1.78. The second kappa shape index (κ2) is 5.06. The van der Waals surface area contributed by atoms with Gasteiger partial charge in [0, 0.05) is 12.0 Å². The highest BCUT2D eigenvalue weighted by molar-refractivity contribution is 5.30. The van der Waals surface area contributed by atoms with Crippen molar-refractivity contribution in [2.75, 3.05) is 13.2 Å². The first-order valence-electron chi connectivity index (χ1n) is 9.51. The third kappa shape index (κ3) is 1.93. The fraction of sp³-hybridized carbons (Fsp3) is 0.900. The summed E-state index contributed by atoms with van der Waals surface area (Å²) in [5.41, 5.74) is 1.23. The van der Waals surface area contributed by atoms with Crippen molar-refractivity contribution in [1.29, 1.82) is 0 Å². The summed E-state index contributed by atoms with van der Waals surface area (Å²) in [5, 5.41) is 31.0. The third-order valence-corrected chi connectivity index (χ3v) is 8.55. The molecule has 0 amide bonds. The third-order valence-electron chi connectivity index (χ3n) is 8.55. The maximum Gasteiger partial charge on any atom is 0.0644 e. The van der Waals surface area contributed by atoms with Crippen LogP contribution in [-0.4, -0.2) is 34.6 Å². The molecular weight excluding hydrogens is 288 g/mol. The van der Waals surface area contributed by atoms with Crippen LogP contribution in [0.3, 0.4) is 0 Å². The minimum absolute atomic E-state index is 0.0471. The quantitative estimate of drug-likeness (QED) is 0.686. The molecule has 0 aliphatic heterocycles. The van der Waals surface area contributed by atoms with E-state index in [0.717, 1.165) is 32.1 Å². The van der Waals surface area contributed by atoms with E-state index >= 15 is 0 Å². The van der Waals surface area contributed by atoms with Crippen molar-refractivity contribution in [1.82, 2.24) is 0 Å². The van der Waals surface area contributed by atoms with Crippen molar-refractivity contribution in [3.8, 4) is 0 Å². The molecule has 3 nitrogen and oxygen atoms in total. The molecule has 4 rings (SSSR count). The summed E-state index contributed by atoms with van der Waals surface area (Å²) < 4.78 is 0. The Morgan fingerprint density at radius 2 is 1.91 bits per heavy atom. The summed E-state index contributed by atoms with van der Waals surface area (Å²) in [6.07, 6.45) is 9.62. The van der Waals surface area contributed by atoms with Gasteiger partial charge < -0.3 is 15.3 Å². The SMILES string of the molecule is C[C@]1(CO)CCC[C@@]2(C)[C@@H]3CC[C@H]4CC3(C=C4CO)[C@H](O)C[C@H]12. The smallest absolute Gasteiger partial charge is 0.0644 e. The van der Waals surface area contributed by atoms with Gasteiger partial charge in [0.1, 0.15) is 0 Å². The molecule has 1 unspecified atom stereocenters. The van der Waals surface area contributed by atoms with Crippen molar-refractivity contribution in [3.05, 3.63) is 11.6 Å². The number of fused-ring (bicyclic) bond motifs is 3. The van der Waals surface area contributed by atoms with Crippen LogP contribution in [0, 0.1) is 34.0 Å². The molecule has 3 fully saturated rings. The predicted octanol–water partition coefficient (Wildman–Crippen LogP) is 2.89. The van der Waals surface area contributed by atoms with E-state index in [9.17, 15) is 15.3 Å². The molecule has 0 radical (unpaired) electrons. The predicted molar refractivity (Wildman–Crippen MR) is 89.7 cm³/mol. The zero-order valence-corrected chi connectivity index (χ0v) is 14.6.